The summed E-state index contributed by atoms with van der Waals surface area (Å²) in [5.74, 6) is 0. The lowest BCUT2D eigenvalue weighted by atomic mass is 10.1. The molecule has 0 radical (unpaired) electrons. The summed E-state index contributed by atoms with van der Waals surface area (Å²) in [4.78, 5) is 8.10. The average Bonchev–Trinajstić information content (AvgIpc) is 3.05. The van der Waals surface area contributed by atoms with Gasteiger partial charge < -0.3 is 9.80 Å². The van der Waals surface area contributed by atoms with E-state index in [-0.39, 0.29) is 0 Å². The largest absolute Gasteiger partial charge is 0.359 e. The Balaban J connectivity index is 1.62. The van der Waals surface area contributed by atoms with Crippen LogP contribution in [0.2, 0.25) is 0 Å². The van der Waals surface area contributed by atoms with Crippen LogP contribution in [0.25, 0.3) is 9.75 Å². The maximum Gasteiger partial charge on any atom is 0.0918 e. The average molecular weight is 290 g/mol. The van der Waals surface area contributed by atoms with Crippen molar-refractivity contribution >= 4 is 27.7 Å². The lowest BCUT2D eigenvalue weighted by Gasteiger charge is -2.31. The van der Waals surface area contributed by atoms with Crippen LogP contribution in [0.5, 0.6) is 0 Å². The summed E-state index contributed by atoms with van der Waals surface area (Å²) in [5, 5.41) is 3.63. The van der Waals surface area contributed by atoms with Gasteiger partial charge in [0.1, 0.15) is 0 Å². The van der Waals surface area contributed by atoms with E-state index in [9.17, 15) is 0 Å². The van der Waals surface area contributed by atoms with E-state index in [0.29, 0.717) is 0 Å². The summed E-state index contributed by atoms with van der Waals surface area (Å²) in [6.45, 7) is 5.03. The molecule has 0 spiro atoms. The molecule has 0 unspecified atom stereocenters. The number of rotatable bonds is 2. The normalized spacial score (nSPS) is 26.6. The molecule has 5 heterocycles. The minimum atomic E-state index is 0.772. The van der Waals surface area contributed by atoms with Crippen molar-refractivity contribution in [1.29, 1.82) is 0 Å². The zero-order chi connectivity index (χ0) is 12.7. The number of nitrogens with zero attached hydrogens (tertiary/aromatic N) is 2. The highest BCUT2D eigenvalue weighted by Gasteiger charge is 2.29. The Labute approximate surface area is 122 Å². The summed E-state index contributed by atoms with van der Waals surface area (Å²) < 4.78 is 0. The molecule has 3 aliphatic rings. The van der Waals surface area contributed by atoms with Gasteiger partial charge >= 0.3 is 0 Å². The van der Waals surface area contributed by atoms with E-state index in [1.54, 1.807) is 0 Å². The first-order valence-electron chi connectivity index (χ1n) is 7.03. The Bertz CT molecular complexity index is 538. The predicted molar refractivity (Wildman–Crippen MR) is 84.4 cm³/mol. The molecule has 0 aliphatic carbocycles. The van der Waals surface area contributed by atoms with E-state index < -0.39 is 0 Å². The molecule has 19 heavy (non-hydrogen) atoms. The van der Waals surface area contributed by atoms with Gasteiger partial charge in [-0.05, 0) is 36.4 Å². The maximum absolute atomic E-state index is 2.66. The molecule has 0 N–H and O–H groups in total. The number of thiophene rings is 2. The molecule has 2 nitrogen and oxygen atoms in total. The van der Waals surface area contributed by atoms with E-state index in [0.717, 1.165) is 6.04 Å². The first-order valence-corrected chi connectivity index (χ1v) is 8.72. The van der Waals surface area contributed by atoms with Crippen molar-refractivity contribution < 1.29 is 0 Å². The maximum atomic E-state index is 2.66. The lowest BCUT2D eigenvalue weighted by Crippen LogP contribution is -2.37. The number of anilines is 1. The Morgan fingerprint density at radius 3 is 2.63 bits per heavy atom. The standard InChI is InChI=1S/C15H18N2S2/c1-2-13(18-11-1)14-3-4-15(19-14)17-10-9-16-7-5-12(17)6-8-16/h1-4,11-12H,5-10H2. The summed E-state index contributed by atoms with van der Waals surface area (Å²) in [6.07, 6.45) is 2.68. The van der Waals surface area contributed by atoms with E-state index in [1.165, 1.54) is 53.8 Å². The molecule has 2 aromatic heterocycles. The second-order valence-corrected chi connectivity index (χ2v) is 7.39. The van der Waals surface area contributed by atoms with Crippen LogP contribution in [0.4, 0.5) is 5.00 Å². The smallest absolute Gasteiger partial charge is 0.0918 e. The molecule has 3 fully saturated rings. The topological polar surface area (TPSA) is 6.48 Å². The quantitative estimate of drug-likeness (QED) is 0.831. The fourth-order valence-corrected chi connectivity index (χ4v) is 5.15. The molecular formula is C15H18N2S2. The first kappa shape index (κ1) is 11.9. The summed E-state index contributed by atoms with van der Waals surface area (Å²) >= 11 is 3.80. The van der Waals surface area contributed by atoms with E-state index >= 15 is 0 Å². The lowest BCUT2D eigenvalue weighted by molar-refractivity contribution is 0.250. The molecule has 2 aromatic rings. The van der Waals surface area contributed by atoms with Gasteiger partial charge in [0.2, 0.25) is 0 Å². The van der Waals surface area contributed by atoms with Crippen LogP contribution in [0, 0.1) is 0 Å². The van der Waals surface area contributed by atoms with Crippen molar-refractivity contribution in [2.45, 2.75) is 18.9 Å². The van der Waals surface area contributed by atoms with Crippen LogP contribution in [0.1, 0.15) is 12.8 Å². The summed E-state index contributed by atoms with van der Waals surface area (Å²) in [6, 6.07) is 9.76. The molecular weight excluding hydrogens is 272 g/mol. The van der Waals surface area contributed by atoms with Crippen molar-refractivity contribution in [3.05, 3.63) is 29.6 Å². The first-order chi connectivity index (χ1) is 9.40. The van der Waals surface area contributed by atoms with E-state index in [1.807, 2.05) is 22.7 Å². The van der Waals surface area contributed by atoms with Crippen LogP contribution in [-0.4, -0.2) is 37.1 Å². The SMILES string of the molecule is c1csc(-c2ccc(N3CCN4CCC3CC4)s2)c1. The van der Waals surface area contributed by atoms with Gasteiger partial charge in [-0.1, -0.05) is 6.07 Å². The molecule has 100 valence electrons. The third-order valence-corrected chi connectivity index (χ3v) is 6.48. The van der Waals surface area contributed by atoms with Gasteiger partial charge in [-0.3, -0.25) is 0 Å². The van der Waals surface area contributed by atoms with Crippen molar-refractivity contribution in [3.8, 4) is 9.75 Å². The third kappa shape index (κ3) is 2.22. The summed E-state index contributed by atoms with van der Waals surface area (Å²) in [7, 11) is 0. The van der Waals surface area contributed by atoms with Gasteiger partial charge in [-0.15, -0.1) is 22.7 Å². The molecule has 3 aliphatic heterocycles. The Morgan fingerprint density at radius 1 is 0.947 bits per heavy atom. The molecule has 5 rings (SSSR count). The Hall–Kier alpha value is -0.840. The highest BCUT2D eigenvalue weighted by atomic mass is 32.1. The number of hydrogen-bond acceptors (Lipinski definition) is 4. The molecule has 2 bridgehead atoms. The molecule has 0 saturated carbocycles. The minimum absolute atomic E-state index is 0.772. The van der Waals surface area contributed by atoms with Gasteiger partial charge in [-0.2, -0.15) is 0 Å². The molecule has 0 atom stereocenters. The van der Waals surface area contributed by atoms with Crippen molar-refractivity contribution in [3.63, 3.8) is 0 Å². The van der Waals surface area contributed by atoms with Crippen molar-refractivity contribution in [2.75, 3.05) is 31.1 Å². The fourth-order valence-electron chi connectivity index (χ4n) is 3.21. The highest BCUT2D eigenvalue weighted by Crippen LogP contribution is 2.38. The number of piperidine rings is 1. The van der Waals surface area contributed by atoms with Gasteiger partial charge in [0, 0.05) is 42.0 Å². The van der Waals surface area contributed by atoms with Gasteiger partial charge in [0.25, 0.3) is 0 Å². The molecule has 0 amide bonds. The van der Waals surface area contributed by atoms with Gasteiger partial charge in [-0.25, -0.2) is 0 Å². The predicted octanol–water partition coefficient (Wildman–Crippen LogP) is 3.76. The zero-order valence-corrected chi connectivity index (χ0v) is 12.6. The van der Waals surface area contributed by atoms with Crippen molar-refractivity contribution in [2.24, 2.45) is 0 Å². The minimum Gasteiger partial charge on any atom is -0.359 e. The monoisotopic (exact) mass is 290 g/mol. The third-order valence-electron chi connectivity index (χ3n) is 4.29. The number of fused-ring (bicyclic) bond motifs is 4. The molecule has 3 saturated heterocycles. The highest BCUT2D eigenvalue weighted by molar-refractivity contribution is 7.23. The second-order valence-electron chi connectivity index (χ2n) is 5.38. The van der Waals surface area contributed by atoms with Crippen LogP contribution in [0.3, 0.4) is 0 Å². The van der Waals surface area contributed by atoms with Crippen molar-refractivity contribution in [1.82, 2.24) is 4.90 Å². The van der Waals surface area contributed by atoms with Gasteiger partial charge in [0.05, 0.1) is 5.00 Å². The van der Waals surface area contributed by atoms with Gasteiger partial charge in [0.15, 0.2) is 0 Å². The summed E-state index contributed by atoms with van der Waals surface area (Å²) in [5.41, 5.74) is 0. The molecule has 0 aromatic carbocycles. The van der Waals surface area contributed by atoms with E-state index in [2.05, 4.69) is 39.4 Å². The zero-order valence-electron chi connectivity index (χ0n) is 10.9. The Kier molecular flexibility index (Phi) is 3.10. The number of hydrogen-bond donors (Lipinski definition) is 0. The Morgan fingerprint density at radius 2 is 1.84 bits per heavy atom. The van der Waals surface area contributed by atoms with Crippen LogP contribution in [0.15, 0.2) is 29.6 Å². The molecule has 4 heteroatoms. The van der Waals surface area contributed by atoms with Crippen LogP contribution < -0.4 is 4.90 Å². The van der Waals surface area contributed by atoms with Crippen LogP contribution >= 0.6 is 22.7 Å². The second kappa shape index (κ2) is 4.93. The van der Waals surface area contributed by atoms with Crippen LogP contribution in [-0.2, 0) is 0 Å². The van der Waals surface area contributed by atoms with E-state index in [4.69, 9.17) is 0 Å². The fraction of sp³-hybridized carbons (Fsp3) is 0.467.